The summed E-state index contributed by atoms with van der Waals surface area (Å²) in [7, 11) is 0. The molecule has 1 aromatic carbocycles. The van der Waals surface area contributed by atoms with Gasteiger partial charge >= 0.3 is 0 Å². The second-order valence-electron chi connectivity index (χ2n) is 4.97. The third-order valence-electron chi connectivity index (χ3n) is 3.63. The summed E-state index contributed by atoms with van der Waals surface area (Å²) >= 11 is 0. The molecule has 106 valence electrons. The molecule has 3 aromatic rings. The maximum absolute atomic E-state index is 5.42. The number of rotatable bonds is 2. The van der Waals surface area contributed by atoms with Crippen molar-refractivity contribution in [2.75, 3.05) is 31.2 Å². The van der Waals surface area contributed by atoms with Crippen LogP contribution in [0.2, 0.25) is 0 Å². The zero-order valence-corrected chi connectivity index (χ0v) is 11.5. The van der Waals surface area contributed by atoms with E-state index in [-0.39, 0.29) is 0 Å². The van der Waals surface area contributed by atoms with Gasteiger partial charge < -0.3 is 9.64 Å². The van der Waals surface area contributed by atoms with E-state index >= 15 is 0 Å². The topological polar surface area (TPSA) is 66.9 Å². The van der Waals surface area contributed by atoms with Crippen molar-refractivity contribution in [3.05, 3.63) is 36.5 Å². The lowest BCUT2D eigenvalue weighted by Gasteiger charge is -2.28. The Morgan fingerprint density at radius 3 is 2.67 bits per heavy atom. The highest BCUT2D eigenvalue weighted by molar-refractivity contribution is 5.88. The van der Waals surface area contributed by atoms with Crippen LogP contribution in [0.3, 0.4) is 0 Å². The van der Waals surface area contributed by atoms with Crippen LogP contribution in [0.4, 0.5) is 5.82 Å². The standard InChI is InChI=1S/C15H15N5O/c1-2-4-11(5-3-1)13-17-14-12(10-16-19-14)15(18-13)20-6-8-21-9-7-20/h1-5,10H,6-9H2,(H,16,17,18,19). The predicted molar refractivity (Wildman–Crippen MR) is 80.2 cm³/mol. The van der Waals surface area contributed by atoms with Crippen LogP contribution in [0.1, 0.15) is 0 Å². The summed E-state index contributed by atoms with van der Waals surface area (Å²) in [5.41, 5.74) is 1.77. The first-order valence-corrected chi connectivity index (χ1v) is 7.01. The maximum atomic E-state index is 5.42. The quantitative estimate of drug-likeness (QED) is 0.776. The molecule has 1 N–H and O–H groups in total. The van der Waals surface area contributed by atoms with Crippen LogP contribution in [-0.4, -0.2) is 46.5 Å². The molecule has 21 heavy (non-hydrogen) atoms. The number of nitrogens with zero attached hydrogens (tertiary/aromatic N) is 4. The molecular weight excluding hydrogens is 266 g/mol. The number of benzene rings is 1. The minimum atomic E-state index is 0.717. The van der Waals surface area contributed by atoms with Gasteiger partial charge in [-0.1, -0.05) is 30.3 Å². The molecule has 6 heteroatoms. The lowest BCUT2D eigenvalue weighted by atomic mass is 10.2. The average Bonchev–Trinajstić information content (AvgIpc) is 3.04. The van der Waals surface area contributed by atoms with E-state index in [9.17, 15) is 0 Å². The Bertz CT molecular complexity index is 749. The van der Waals surface area contributed by atoms with E-state index in [0.717, 1.165) is 48.7 Å². The summed E-state index contributed by atoms with van der Waals surface area (Å²) in [6, 6.07) is 10.00. The zero-order valence-electron chi connectivity index (χ0n) is 11.5. The molecule has 0 atom stereocenters. The Morgan fingerprint density at radius 2 is 1.86 bits per heavy atom. The van der Waals surface area contributed by atoms with E-state index in [0.29, 0.717) is 5.82 Å². The van der Waals surface area contributed by atoms with Gasteiger partial charge in [-0.25, -0.2) is 9.97 Å². The number of hydrogen-bond acceptors (Lipinski definition) is 5. The van der Waals surface area contributed by atoms with Crippen molar-refractivity contribution in [2.24, 2.45) is 0 Å². The monoisotopic (exact) mass is 281 g/mol. The first-order valence-electron chi connectivity index (χ1n) is 7.01. The average molecular weight is 281 g/mol. The van der Waals surface area contributed by atoms with Gasteiger partial charge in [-0.2, -0.15) is 5.10 Å². The fourth-order valence-electron chi connectivity index (χ4n) is 2.55. The molecule has 1 aliphatic heterocycles. The van der Waals surface area contributed by atoms with Crippen molar-refractivity contribution >= 4 is 16.9 Å². The van der Waals surface area contributed by atoms with Gasteiger partial charge in [0.2, 0.25) is 0 Å². The van der Waals surface area contributed by atoms with Crippen LogP contribution < -0.4 is 4.90 Å². The summed E-state index contributed by atoms with van der Waals surface area (Å²) in [4.78, 5) is 11.6. The number of nitrogens with one attached hydrogen (secondary N) is 1. The van der Waals surface area contributed by atoms with Crippen molar-refractivity contribution in [1.82, 2.24) is 20.2 Å². The Morgan fingerprint density at radius 1 is 1.05 bits per heavy atom. The number of aromatic nitrogens is 4. The van der Waals surface area contributed by atoms with Crippen molar-refractivity contribution < 1.29 is 4.74 Å². The van der Waals surface area contributed by atoms with E-state index in [2.05, 4.69) is 20.1 Å². The summed E-state index contributed by atoms with van der Waals surface area (Å²) in [6.07, 6.45) is 1.79. The van der Waals surface area contributed by atoms with E-state index in [1.165, 1.54) is 0 Å². The van der Waals surface area contributed by atoms with Gasteiger partial charge in [0.15, 0.2) is 11.5 Å². The first-order chi connectivity index (χ1) is 10.4. The summed E-state index contributed by atoms with van der Waals surface area (Å²) in [5, 5.41) is 8.01. The molecule has 1 saturated heterocycles. The summed E-state index contributed by atoms with van der Waals surface area (Å²) in [6.45, 7) is 3.13. The smallest absolute Gasteiger partial charge is 0.163 e. The molecule has 0 aliphatic carbocycles. The van der Waals surface area contributed by atoms with Gasteiger partial charge in [0, 0.05) is 18.7 Å². The Balaban J connectivity index is 1.86. The van der Waals surface area contributed by atoms with Gasteiger partial charge in [-0.3, -0.25) is 5.10 Å². The highest BCUT2D eigenvalue weighted by Crippen LogP contribution is 2.26. The summed E-state index contributed by atoms with van der Waals surface area (Å²) in [5.74, 6) is 1.64. The Hall–Kier alpha value is -2.47. The Labute approximate surface area is 121 Å². The zero-order chi connectivity index (χ0) is 14.1. The third-order valence-corrected chi connectivity index (χ3v) is 3.63. The number of fused-ring (bicyclic) bond motifs is 1. The molecule has 4 rings (SSSR count). The van der Waals surface area contributed by atoms with E-state index in [1.807, 2.05) is 30.3 Å². The lowest BCUT2D eigenvalue weighted by Crippen LogP contribution is -2.37. The van der Waals surface area contributed by atoms with E-state index in [1.54, 1.807) is 6.20 Å². The second kappa shape index (κ2) is 5.14. The molecule has 0 spiro atoms. The SMILES string of the molecule is c1ccc(-c2nc(N3CCOCC3)c3cn[nH]c3n2)cc1. The van der Waals surface area contributed by atoms with Gasteiger partial charge in [-0.15, -0.1) is 0 Å². The number of aromatic amines is 1. The lowest BCUT2D eigenvalue weighted by molar-refractivity contribution is 0.122. The van der Waals surface area contributed by atoms with Crippen LogP contribution >= 0.6 is 0 Å². The predicted octanol–water partition coefficient (Wildman–Crippen LogP) is 1.86. The van der Waals surface area contributed by atoms with E-state index in [4.69, 9.17) is 9.72 Å². The minimum Gasteiger partial charge on any atom is -0.378 e. The molecule has 1 fully saturated rings. The van der Waals surface area contributed by atoms with Gasteiger partial charge in [0.25, 0.3) is 0 Å². The van der Waals surface area contributed by atoms with Crippen LogP contribution in [0, 0.1) is 0 Å². The van der Waals surface area contributed by atoms with Crippen molar-refractivity contribution in [1.29, 1.82) is 0 Å². The van der Waals surface area contributed by atoms with Crippen LogP contribution in [-0.2, 0) is 4.74 Å². The fourth-order valence-corrected chi connectivity index (χ4v) is 2.55. The largest absolute Gasteiger partial charge is 0.378 e. The van der Waals surface area contributed by atoms with Crippen molar-refractivity contribution in [2.45, 2.75) is 0 Å². The number of hydrogen-bond donors (Lipinski definition) is 1. The summed E-state index contributed by atoms with van der Waals surface area (Å²) < 4.78 is 5.42. The van der Waals surface area contributed by atoms with Gasteiger partial charge in [0.1, 0.15) is 5.82 Å². The first kappa shape index (κ1) is 12.3. The van der Waals surface area contributed by atoms with Crippen LogP contribution in [0.25, 0.3) is 22.4 Å². The molecule has 0 unspecified atom stereocenters. The molecule has 6 nitrogen and oxygen atoms in total. The second-order valence-corrected chi connectivity index (χ2v) is 4.97. The molecule has 0 bridgehead atoms. The van der Waals surface area contributed by atoms with Crippen molar-refractivity contribution in [3.8, 4) is 11.4 Å². The van der Waals surface area contributed by atoms with Crippen LogP contribution in [0.5, 0.6) is 0 Å². The molecule has 3 heterocycles. The third kappa shape index (κ3) is 2.23. The number of H-pyrrole nitrogens is 1. The Kier molecular flexibility index (Phi) is 3.01. The van der Waals surface area contributed by atoms with Crippen molar-refractivity contribution in [3.63, 3.8) is 0 Å². The number of anilines is 1. The van der Waals surface area contributed by atoms with Gasteiger partial charge in [0.05, 0.1) is 24.8 Å². The minimum absolute atomic E-state index is 0.717. The number of morpholine rings is 1. The normalized spacial score (nSPS) is 15.5. The molecule has 0 saturated carbocycles. The van der Waals surface area contributed by atoms with Gasteiger partial charge in [-0.05, 0) is 0 Å². The molecule has 0 radical (unpaired) electrons. The van der Waals surface area contributed by atoms with E-state index < -0.39 is 0 Å². The maximum Gasteiger partial charge on any atom is 0.163 e. The molecule has 0 amide bonds. The fraction of sp³-hybridized carbons (Fsp3) is 0.267. The highest BCUT2D eigenvalue weighted by atomic mass is 16.5. The number of ether oxygens (including phenoxy) is 1. The highest BCUT2D eigenvalue weighted by Gasteiger charge is 2.18. The van der Waals surface area contributed by atoms with Crippen LogP contribution in [0.15, 0.2) is 36.5 Å². The molecule has 2 aromatic heterocycles. The molecule has 1 aliphatic rings. The molecular formula is C15H15N5O.